The molecule has 0 fully saturated rings. The van der Waals surface area contributed by atoms with Crippen LogP contribution in [-0.2, 0) is 16.1 Å². The number of tetrazole rings is 1. The van der Waals surface area contributed by atoms with E-state index in [1.165, 1.54) is 0 Å². The zero-order chi connectivity index (χ0) is 11.1. The SMILES string of the molecule is O=C(O)CCCC(=O)NCc1nn[nH]n1. The van der Waals surface area contributed by atoms with Gasteiger partial charge in [0.15, 0.2) is 5.82 Å². The Morgan fingerprint density at radius 1 is 1.40 bits per heavy atom. The molecule has 0 radical (unpaired) electrons. The van der Waals surface area contributed by atoms with E-state index in [1.54, 1.807) is 0 Å². The van der Waals surface area contributed by atoms with Crippen LogP contribution in [0.3, 0.4) is 0 Å². The molecule has 0 bridgehead atoms. The van der Waals surface area contributed by atoms with Crippen molar-refractivity contribution in [3.8, 4) is 0 Å². The summed E-state index contributed by atoms with van der Waals surface area (Å²) in [6, 6.07) is 0. The normalized spacial score (nSPS) is 9.87. The van der Waals surface area contributed by atoms with E-state index in [0.717, 1.165) is 0 Å². The average molecular weight is 213 g/mol. The second-order valence-corrected chi connectivity index (χ2v) is 2.85. The molecule has 0 aliphatic heterocycles. The molecule has 8 nitrogen and oxygen atoms in total. The lowest BCUT2D eigenvalue weighted by molar-refractivity contribution is -0.137. The molecule has 0 aliphatic rings. The summed E-state index contributed by atoms with van der Waals surface area (Å²) in [6.45, 7) is 0.197. The van der Waals surface area contributed by atoms with E-state index in [9.17, 15) is 9.59 Å². The van der Waals surface area contributed by atoms with Crippen LogP contribution in [0.15, 0.2) is 0 Å². The van der Waals surface area contributed by atoms with E-state index in [1.807, 2.05) is 0 Å². The number of hydrogen-bond acceptors (Lipinski definition) is 5. The highest BCUT2D eigenvalue weighted by atomic mass is 16.4. The number of aliphatic carboxylic acids is 1. The highest BCUT2D eigenvalue weighted by Gasteiger charge is 2.04. The van der Waals surface area contributed by atoms with Crippen LogP contribution in [-0.4, -0.2) is 37.6 Å². The van der Waals surface area contributed by atoms with Gasteiger partial charge < -0.3 is 10.4 Å². The molecule has 0 saturated carbocycles. The third-order valence-corrected chi connectivity index (χ3v) is 1.63. The molecule has 0 atom stereocenters. The molecule has 0 aliphatic carbocycles. The van der Waals surface area contributed by atoms with Crippen molar-refractivity contribution in [3.63, 3.8) is 0 Å². The van der Waals surface area contributed by atoms with Crippen molar-refractivity contribution < 1.29 is 14.7 Å². The monoisotopic (exact) mass is 213 g/mol. The molecule has 0 saturated heterocycles. The number of aromatic nitrogens is 4. The van der Waals surface area contributed by atoms with E-state index < -0.39 is 5.97 Å². The molecule has 1 heterocycles. The van der Waals surface area contributed by atoms with Crippen LogP contribution < -0.4 is 5.32 Å². The first kappa shape index (κ1) is 11.1. The topological polar surface area (TPSA) is 121 Å². The van der Waals surface area contributed by atoms with Gasteiger partial charge in [-0.2, -0.15) is 5.21 Å². The van der Waals surface area contributed by atoms with Crippen LogP contribution in [0.5, 0.6) is 0 Å². The minimum atomic E-state index is -0.902. The van der Waals surface area contributed by atoms with E-state index >= 15 is 0 Å². The Labute approximate surface area is 85.1 Å². The molecule has 0 unspecified atom stereocenters. The highest BCUT2D eigenvalue weighted by molar-refractivity contribution is 5.76. The minimum Gasteiger partial charge on any atom is -0.481 e. The molecule has 1 rings (SSSR count). The number of nitrogens with one attached hydrogen (secondary N) is 2. The van der Waals surface area contributed by atoms with Crippen molar-refractivity contribution in [2.75, 3.05) is 0 Å². The van der Waals surface area contributed by atoms with Crippen molar-refractivity contribution in [1.82, 2.24) is 25.9 Å². The maximum atomic E-state index is 11.1. The van der Waals surface area contributed by atoms with Crippen LogP contribution >= 0.6 is 0 Å². The fraction of sp³-hybridized carbons (Fsp3) is 0.571. The third kappa shape index (κ3) is 4.69. The molecule has 3 N–H and O–H groups in total. The second kappa shape index (κ2) is 5.68. The number of carbonyl (C=O) groups is 2. The largest absolute Gasteiger partial charge is 0.481 e. The fourth-order valence-corrected chi connectivity index (χ4v) is 0.924. The molecule has 0 aromatic carbocycles. The number of aromatic amines is 1. The number of H-pyrrole nitrogens is 1. The first-order valence-corrected chi connectivity index (χ1v) is 4.39. The molecule has 0 spiro atoms. The summed E-state index contributed by atoms with van der Waals surface area (Å²) in [5, 5.41) is 23.7. The van der Waals surface area contributed by atoms with Gasteiger partial charge in [-0.1, -0.05) is 5.21 Å². The summed E-state index contributed by atoms with van der Waals surface area (Å²) in [7, 11) is 0. The van der Waals surface area contributed by atoms with Gasteiger partial charge in [-0.25, -0.2) is 0 Å². The maximum Gasteiger partial charge on any atom is 0.303 e. The van der Waals surface area contributed by atoms with Crippen LogP contribution in [0.4, 0.5) is 0 Å². The zero-order valence-corrected chi connectivity index (χ0v) is 7.93. The Bertz CT molecular complexity index is 323. The first-order chi connectivity index (χ1) is 7.18. The van der Waals surface area contributed by atoms with Gasteiger partial charge in [0.25, 0.3) is 0 Å². The van der Waals surface area contributed by atoms with Gasteiger partial charge in [0.05, 0.1) is 6.54 Å². The maximum absolute atomic E-state index is 11.1. The summed E-state index contributed by atoms with van der Waals surface area (Å²) in [5.41, 5.74) is 0. The van der Waals surface area contributed by atoms with Crippen molar-refractivity contribution in [3.05, 3.63) is 5.82 Å². The molecular weight excluding hydrogens is 202 g/mol. The Kier molecular flexibility index (Phi) is 4.20. The third-order valence-electron chi connectivity index (χ3n) is 1.63. The lowest BCUT2D eigenvalue weighted by Gasteiger charge is -2.00. The van der Waals surface area contributed by atoms with Gasteiger partial charge in [0, 0.05) is 12.8 Å². The Morgan fingerprint density at radius 3 is 2.80 bits per heavy atom. The summed E-state index contributed by atoms with van der Waals surface area (Å²) in [5.74, 6) is -0.733. The number of carbonyl (C=O) groups excluding carboxylic acids is 1. The van der Waals surface area contributed by atoms with Gasteiger partial charge in [-0.05, 0) is 6.42 Å². The quantitative estimate of drug-likeness (QED) is 0.561. The van der Waals surface area contributed by atoms with E-state index in [0.29, 0.717) is 12.2 Å². The van der Waals surface area contributed by atoms with Crippen LogP contribution in [0.1, 0.15) is 25.1 Å². The van der Waals surface area contributed by atoms with E-state index in [-0.39, 0.29) is 25.3 Å². The standard InChI is InChI=1S/C7H11N5O3/c13-6(2-1-3-7(14)15)8-4-5-9-11-12-10-5/h1-4H2,(H,8,13)(H,14,15)(H,9,10,11,12). The first-order valence-electron chi connectivity index (χ1n) is 4.39. The van der Waals surface area contributed by atoms with E-state index in [4.69, 9.17) is 5.11 Å². The molecule has 1 aromatic rings. The number of rotatable bonds is 6. The highest BCUT2D eigenvalue weighted by Crippen LogP contribution is 1.95. The summed E-state index contributed by atoms with van der Waals surface area (Å²) in [4.78, 5) is 21.3. The van der Waals surface area contributed by atoms with Gasteiger partial charge in [-0.15, -0.1) is 10.2 Å². The number of hydrogen-bond donors (Lipinski definition) is 3. The van der Waals surface area contributed by atoms with Crippen molar-refractivity contribution in [2.24, 2.45) is 0 Å². The molecule has 1 amide bonds. The molecule has 8 heteroatoms. The minimum absolute atomic E-state index is 0.00434. The summed E-state index contributed by atoms with van der Waals surface area (Å²) >= 11 is 0. The Balaban J connectivity index is 2.11. The summed E-state index contributed by atoms with van der Waals surface area (Å²) in [6.07, 6.45) is 0.507. The Hall–Kier alpha value is -1.99. The zero-order valence-electron chi connectivity index (χ0n) is 7.93. The number of amides is 1. The molecular formula is C7H11N5O3. The fourth-order valence-electron chi connectivity index (χ4n) is 0.924. The second-order valence-electron chi connectivity index (χ2n) is 2.85. The smallest absolute Gasteiger partial charge is 0.303 e. The number of nitrogens with zero attached hydrogens (tertiary/aromatic N) is 3. The predicted molar refractivity (Wildman–Crippen MR) is 47.5 cm³/mol. The van der Waals surface area contributed by atoms with Crippen LogP contribution in [0.25, 0.3) is 0 Å². The van der Waals surface area contributed by atoms with Crippen LogP contribution in [0, 0.1) is 0 Å². The average Bonchev–Trinajstić information content (AvgIpc) is 2.66. The van der Waals surface area contributed by atoms with Gasteiger partial charge in [0.2, 0.25) is 5.91 Å². The Morgan fingerprint density at radius 2 is 2.20 bits per heavy atom. The van der Waals surface area contributed by atoms with Crippen LogP contribution in [0.2, 0.25) is 0 Å². The van der Waals surface area contributed by atoms with Gasteiger partial charge >= 0.3 is 5.97 Å². The lowest BCUT2D eigenvalue weighted by Crippen LogP contribution is -2.23. The van der Waals surface area contributed by atoms with Gasteiger partial charge in [-0.3, -0.25) is 9.59 Å². The predicted octanol–water partition coefficient (Wildman–Crippen LogP) is -0.929. The number of carboxylic acids is 1. The summed E-state index contributed by atoms with van der Waals surface area (Å²) < 4.78 is 0. The van der Waals surface area contributed by atoms with Crippen molar-refractivity contribution >= 4 is 11.9 Å². The van der Waals surface area contributed by atoms with Gasteiger partial charge in [0.1, 0.15) is 0 Å². The van der Waals surface area contributed by atoms with E-state index in [2.05, 4.69) is 25.9 Å². The van der Waals surface area contributed by atoms with Crippen molar-refractivity contribution in [2.45, 2.75) is 25.8 Å². The molecule has 15 heavy (non-hydrogen) atoms. The molecule has 1 aromatic heterocycles. The van der Waals surface area contributed by atoms with Crippen molar-refractivity contribution in [1.29, 1.82) is 0 Å². The molecule has 82 valence electrons. The lowest BCUT2D eigenvalue weighted by atomic mass is 10.2. The number of carboxylic acid groups (broad SMARTS) is 1.